The molecule has 0 N–H and O–H groups in total. The first-order valence-corrected chi connectivity index (χ1v) is 10.7. The molecule has 30 heavy (non-hydrogen) atoms. The molecule has 1 aliphatic rings. The van der Waals surface area contributed by atoms with E-state index in [1.807, 2.05) is 29.4 Å². The molecular weight excluding hydrogens is 380 g/mol. The van der Waals surface area contributed by atoms with Gasteiger partial charge in [-0.2, -0.15) is 0 Å². The van der Waals surface area contributed by atoms with E-state index >= 15 is 0 Å². The number of benzene rings is 1. The van der Waals surface area contributed by atoms with Gasteiger partial charge in [0.1, 0.15) is 6.04 Å². The maximum atomic E-state index is 13.9. The van der Waals surface area contributed by atoms with Gasteiger partial charge in [-0.25, -0.2) is 4.98 Å². The van der Waals surface area contributed by atoms with E-state index in [2.05, 4.69) is 40.4 Å². The van der Waals surface area contributed by atoms with Crippen LogP contribution in [0.5, 0.6) is 0 Å². The van der Waals surface area contributed by atoms with Crippen molar-refractivity contribution in [3.05, 3.63) is 53.6 Å². The van der Waals surface area contributed by atoms with E-state index < -0.39 is 0 Å². The summed E-state index contributed by atoms with van der Waals surface area (Å²) in [6.45, 7) is 7.87. The molecule has 0 fully saturated rings. The lowest BCUT2D eigenvalue weighted by atomic mass is 9.99. The number of nitrogens with zero attached hydrogens (tertiary/aromatic N) is 4. The fourth-order valence-corrected chi connectivity index (χ4v) is 4.03. The maximum absolute atomic E-state index is 13.9. The van der Waals surface area contributed by atoms with Gasteiger partial charge >= 0.3 is 0 Å². The monoisotopic (exact) mass is 414 g/mol. The number of ether oxygens (including phenoxy) is 2. The number of hydrogen-bond donors (Lipinski definition) is 0. The number of methoxy groups -OCH3 is 2. The molecule has 1 aromatic carbocycles. The molecule has 1 aromatic heterocycles. The van der Waals surface area contributed by atoms with Crippen LogP contribution in [0.25, 0.3) is 0 Å². The Labute approximate surface area is 179 Å². The van der Waals surface area contributed by atoms with Crippen molar-refractivity contribution in [2.75, 3.05) is 47.1 Å². The van der Waals surface area contributed by atoms with E-state index in [1.165, 1.54) is 5.56 Å². The molecular formula is C23H34N4O3. The van der Waals surface area contributed by atoms with Crippen LogP contribution >= 0.6 is 0 Å². The average molecular weight is 415 g/mol. The van der Waals surface area contributed by atoms with Crippen molar-refractivity contribution in [1.29, 1.82) is 0 Å². The molecule has 3 rings (SSSR count). The van der Waals surface area contributed by atoms with Crippen LogP contribution in [0.15, 0.2) is 36.7 Å². The van der Waals surface area contributed by atoms with Crippen LogP contribution in [0.2, 0.25) is 0 Å². The molecule has 0 saturated carbocycles. The fraction of sp³-hybridized carbons (Fsp3) is 0.565. The predicted octanol–water partition coefficient (Wildman–Crippen LogP) is 2.68. The molecule has 0 bridgehead atoms. The second-order valence-corrected chi connectivity index (χ2v) is 8.00. The molecule has 0 saturated heterocycles. The summed E-state index contributed by atoms with van der Waals surface area (Å²) >= 11 is 0. The molecule has 1 amide bonds. The van der Waals surface area contributed by atoms with E-state index in [0.717, 1.165) is 30.9 Å². The summed E-state index contributed by atoms with van der Waals surface area (Å²) in [5.74, 6) is 0.0865. The predicted molar refractivity (Wildman–Crippen MR) is 116 cm³/mol. The standard InChI is InChI=1S/C23H34N4O3/c1-18(2)27-17-24-20-10-11-26(16-19-8-6-5-7-9-19)22(21(20)27)23(28)25(12-14-29-3)13-15-30-4/h5-9,17-18,22H,10-16H2,1-4H3/t22-/m0/s1. The van der Waals surface area contributed by atoms with Gasteiger partial charge in [-0.15, -0.1) is 0 Å². The second-order valence-electron chi connectivity index (χ2n) is 8.00. The van der Waals surface area contributed by atoms with Crippen LogP contribution in [0.4, 0.5) is 0 Å². The minimum absolute atomic E-state index is 0.0865. The van der Waals surface area contributed by atoms with Crippen LogP contribution < -0.4 is 0 Å². The number of amides is 1. The Morgan fingerprint density at radius 1 is 1.17 bits per heavy atom. The zero-order valence-electron chi connectivity index (χ0n) is 18.6. The van der Waals surface area contributed by atoms with Crippen LogP contribution in [-0.4, -0.2) is 72.3 Å². The Kier molecular flexibility index (Phi) is 8.01. The lowest BCUT2D eigenvalue weighted by molar-refractivity contribution is -0.139. The summed E-state index contributed by atoms with van der Waals surface area (Å²) in [5.41, 5.74) is 3.26. The molecule has 2 aromatic rings. The van der Waals surface area contributed by atoms with Gasteiger partial charge in [-0.1, -0.05) is 30.3 Å². The minimum Gasteiger partial charge on any atom is -0.383 e. The van der Waals surface area contributed by atoms with Gasteiger partial charge < -0.3 is 18.9 Å². The fourth-order valence-electron chi connectivity index (χ4n) is 4.03. The number of imidazole rings is 1. The summed E-state index contributed by atoms with van der Waals surface area (Å²) in [7, 11) is 3.32. The lowest BCUT2D eigenvalue weighted by Crippen LogP contribution is -2.48. The van der Waals surface area contributed by atoms with Crippen LogP contribution in [-0.2, 0) is 27.2 Å². The zero-order valence-corrected chi connectivity index (χ0v) is 18.6. The van der Waals surface area contributed by atoms with Gasteiger partial charge in [0.05, 0.1) is 30.9 Å². The van der Waals surface area contributed by atoms with Crippen molar-refractivity contribution in [2.45, 2.75) is 38.9 Å². The summed E-state index contributed by atoms with van der Waals surface area (Å²) in [6.07, 6.45) is 2.73. The van der Waals surface area contributed by atoms with Crippen molar-refractivity contribution in [1.82, 2.24) is 19.4 Å². The van der Waals surface area contributed by atoms with E-state index in [1.54, 1.807) is 14.2 Å². The van der Waals surface area contributed by atoms with E-state index in [9.17, 15) is 4.79 Å². The van der Waals surface area contributed by atoms with Gasteiger partial charge in [-0.05, 0) is 19.4 Å². The molecule has 0 aliphatic carbocycles. The summed E-state index contributed by atoms with van der Waals surface area (Å²) in [6, 6.07) is 10.2. The Hall–Kier alpha value is -2.22. The normalized spacial score (nSPS) is 16.6. The highest BCUT2D eigenvalue weighted by Gasteiger charge is 2.39. The van der Waals surface area contributed by atoms with Crippen molar-refractivity contribution < 1.29 is 14.3 Å². The first-order chi connectivity index (χ1) is 14.6. The summed E-state index contributed by atoms with van der Waals surface area (Å²) in [4.78, 5) is 22.7. The van der Waals surface area contributed by atoms with Crippen molar-refractivity contribution in [3.63, 3.8) is 0 Å². The second kappa shape index (κ2) is 10.7. The van der Waals surface area contributed by atoms with Gasteiger partial charge in [-0.3, -0.25) is 9.69 Å². The van der Waals surface area contributed by atoms with E-state index in [4.69, 9.17) is 9.47 Å². The maximum Gasteiger partial charge on any atom is 0.246 e. The minimum atomic E-state index is -0.368. The van der Waals surface area contributed by atoms with Crippen molar-refractivity contribution >= 4 is 5.91 Å². The summed E-state index contributed by atoms with van der Waals surface area (Å²) < 4.78 is 12.7. The highest BCUT2D eigenvalue weighted by atomic mass is 16.5. The molecule has 1 aliphatic heterocycles. The SMILES string of the molecule is COCCN(CCOC)C(=O)[C@@H]1c2c(ncn2C(C)C)CCN1Cc1ccccc1. The van der Waals surface area contributed by atoms with E-state index in [-0.39, 0.29) is 18.0 Å². The van der Waals surface area contributed by atoms with Crippen LogP contribution in [0.1, 0.15) is 42.9 Å². The molecule has 0 spiro atoms. The zero-order chi connectivity index (χ0) is 21.5. The third-order valence-corrected chi connectivity index (χ3v) is 5.63. The van der Waals surface area contributed by atoms with Crippen LogP contribution in [0, 0.1) is 0 Å². The van der Waals surface area contributed by atoms with Crippen molar-refractivity contribution in [3.8, 4) is 0 Å². The number of aromatic nitrogens is 2. The van der Waals surface area contributed by atoms with E-state index in [0.29, 0.717) is 26.3 Å². The Bertz CT molecular complexity index is 798. The first kappa shape index (κ1) is 22.5. The first-order valence-electron chi connectivity index (χ1n) is 10.7. The van der Waals surface area contributed by atoms with Gasteiger partial charge in [0.15, 0.2) is 0 Å². The largest absolute Gasteiger partial charge is 0.383 e. The Balaban J connectivity index is 1.96. The molecule has 2 heterocycles. The molecule has 0 unspecified atom stereocenters. The number of fused-ring (bicyclic) bond motifs is 1. The molecule has 0 radical (unpaired) electrons. The number of carbonyl (C=O) groups excluding carboxylic acids is 1. The molecule has 1 atom stereocenters. The smallest absolute Gasteiger partial charge is 0.246 e. The number of carbonyl (C=O) groups is 1. The average Bonchev–Trinajstić information content (AvgIpc) is 3.18. The van der Waals surface area contributed by atoms with Crippen LogP contribution in [0.3, 0.4) is 0 Å². The number of hydrogen-bond acceptors (Lipinski definition) is 5. The molecule has 7 heteroatoms. The highest BCUT2D eigenvalue weighted by Crippen LogP contribution is 2.33. The molecule has 164 valence electrons. The molecule has 7 nitrogen and oxygen atoms in total. The third kappa shape index (κ3) is 5.09. The highest BCUT2D eigenvalue weighted by molar-refractivity contribution is 5.83. The van der Waals surface area contributed by atoms with Gasteiger partial charge in [0, 0.05) is 52.9 Å². The number of rotatable bonds is 10. The topological polar surface area (TPSA) is 59.8 Å². The van der Waals surface area contributed by atoms with Crippen molar-refractivity contribution in [2.24, 2.45) is 0 Å². The summed E-state index contributed by atoms with van der Waals surface area (Å²) in [5, 5.41) is 0. The Morgan fingerprint density at radius 3 is 2.43 bits per heavy atom. The third-order valence-electron chi connectivity index (χ3n) is 5.63. The van der Waals surface area contributed by atoms with Gasteiger partial charge in [0.2, 0.25) is 5.91 Å². The quantitative estimate of drug-likeness (QED) is 0.598. The lowest BCUT2D eigenvalue weighted by Gasteiger charge is -2.38. The Morgan fingerprint density at radius 2 is 1.83 bits per heavy atom. The van der Waals surface area contributed by atoms with Gasteiger partial charge in [0.25, 0.3) is 0 Å².